The maximum Gasteiger partial charge on any atom is 0.336 e. The van der Waals surface area contributed by atoms with Crippen LogP contribution in [-0.4, -0.2) is 21.3 Å². The van der Waals surface area contributed by atoms with Crippen molar-refractivity contribution in [2.75, 3.05) is 21.3 Å². The second-order valence-corrected chi connectivity index (χ2v) is 9.36. The molecule has 0 unspecified atom stereocenters. The lowest BCUT2D eigenvalue weighted by Crippen LogP contribution is -2.00. The first-order valence-electron chi connectivity index (χ1n) is 12.6. The average Bonchev–Trinajstić information content (AvgIpc) is 3.33. The molecule has 8 heteroatoms. The molecule has 8 nitrogen and oxygen atoms in total. The largest absolute Gasteiger partial charge is 0.497 e. The SMILES string of the molecule is COc1c(C(C)C)oc2cc3oc(=O)ccc3cc12.COc1cccc(-c2cc(=O)c3ccc(OC)cc3o2)c1. The molecule has 6 aromatic rings. The Morgan fingerprint density at radius 3 is 2.12 bits per heavy atom. The summed E-state index contributed by atoms with van der Waals surface area (Å²) in [5, 5.41) is 2.27. The van der Waals surface area contributed by atoms with Gasteiger partial charge in [0.15, 0.2) is 11.2 Å². The molecule has 3 heterocycles. The van der Waals surface area contributed by atoms with Gasteiger partial charge in [-0.3, -0.25) is 4.79 Å². The maximum atomic E-state index is 12.2. The van der Waals surface area contributed by atoms with Crippen LogP contribution in [0.25, 0.3) is 44.2 Å². The molecule has 0 saturated heterocycles. The van der Waals surface area contributed by atoms with E-state index in [1.165, 1.54) is 12.1 Å². The number of ether oxygens (including phenoxy) is 3. The van der Waals surface area contributed by atoms with Gasteiger partial charge in [-0.1, -0.05) is 26.0 Å². The van der Waals surface area contributed by atoms with Crippen LogP contribution in [0.1, 0.15) is 25.5 Å². The summed E-state index contributed by atoms with van der Waals surface area (Å²) in [6.07, 6.45) is 0. The van der Waals surface area contributed by atoms with Crippen molar-refractivity contribution < 1.29 is 27.5 Å². The summed E-state index contributed by atoms with van der Waals surface area (Å²) >= 11 is 0. The minimum absolute atomic E-state index is 0.0864. The second-order valence-electron chi connectivity index (χ2n) is 9.36. The first kappa shape index (κ1) is 26.6. The van der Waals surface area contributed by atoms with Gasteiger partial charge in [0.05, 0.1) is 32.1 Å². The van der Waals surface area contributed by atoms with Gasteiger partial charge in [-0.25, -0.2) is 4.79 Å². The van der Waals surface area contributed by atoms with Crippen LogP contribution >= 0.6 is 0 Å². The normalized spacial score (nSPS) is 11.1. The number of hydrogen-bond acceptors (Lipinski definition) is 8. The molecule has 0 amide bonds. The first-order valence-corrected chi connectivity index (χ1v) is 12.6. The van der Waals surface area contributed by atoms with Crippen molar-refractivity contribution in [1.29, 1.82) is 0 Å². The molecule has 204 valence electrons. The van der Waals surface area contributed by atoms with Crippen LogP contribution in [0.15, 0.2) is 95.6 Å². The average molecular weight is 541 g/mol. The summed E-state index contributed by atoms with van der Waals surface area (Å²) in [5.41, 5.74) is 2.02. The topological polar surface area (TPSA) is 101 Å². The van der Waals surface area contributed by atoms with Gasteiger partial charge in [0.1, 0.15) is 39.8 Å². The van der Waals surface area contributed by atoms with E-state index in [1.54, 1.807) is 51.7 Å². The monoisotopic (exact) mass is 540 g/mol. The second kappa shape index (κ2) is 11.0. The van der Waals surface area contributed by atoms with E-state index in [9.17, 15) is 9.59 Å². The third-order valence-electron chi connectivity index (χ3n) is 6.43. The zero-order chi connectivity index (χ0) is 28.4. The van der Waals surface area contributed by atoms with Gasteiger partial charge in [0.2, 0.25) is 0 Å². The smallest absolute Gasteiger partial charge is 0.336 e. The standard InChI is InChI=1S/C17H14O4.C15H14O4/c1-19-12-5-3-4-11(8-12)16-10-15(18)14-7-6-13(20-2)9-17(14)21-16;1-8(2)14-15(17-3)10-6-9-4-5-13(16)18-11(9)7-12(10)19-14/h3-10H,1-2H3;4-8H,1-3H3. The molecule has 3 aromatic heterocycles. The number of methoxy groups -OCH3 is 3. The number of hydrogen-bond donors (Lipinski definition) is 0. The van der Waals surface area contributed by atoms with Crippen LogP contribution in [0.2, 0.25) is 0 Å². The Morgan fingerprint density at radius 1 is 0.650 bits per heavy atom. The van der Waals surface area contributed by atoms with Crippen LogP contribution in [0.3, 0.4) is 0 Å². The highest BCUT2D eigenvalue weighted by Gasteiger charge is 2.18. The zero-order valence-corrected chi connectivity index (χ0v) is 22.8. The Balaban J connectivity index is 0.000000162. The highest BCUT2D eigenvalue weighted by atomic mass is 16.5. The predicted octanol–water partition coefficient (Wildman–Crippen LogP) is 7.15. The molecule has 0 N–H and O–H groups in total. The van der Waals surface area contributed by atoms with E-state index in [1.807, 2.05) is 44.2 Å². The Hall–Kier alpha value is -4.98. The van der Waals surface area contributed by atoms with Crippen molar-refractivity contribution in [3.63, 3.8) is 0 Å². The molecule has 0 aliphatic carbocycles. The Kier molecular flexibility index (Phi) is 7.33. The van der Waals surface area contributed by atoms with Crippen molar-refractivity contribution in [1.82, 2.24) is 0 Å². The van der Waals surface area contributed by atoms with Crippen LogP contribution in [0, 0.1) is 0 Å². The van der Waals surface area contributed by atoms with Crippen molar-refractivity contribution in [3.05, 3.63) is 99.2 Å². The van der Waals surface area contributed by atoms with Crippen molar-refractivity contribution in [3.8, 4) is 28.6 Å². The van der Waals surface area contributed by atoms with Gasteiger partial charge in [-0.2, -0.15) is 0 Å². The molecule has 3 aromatic carbocycles. The quantitative estimate of drug-likeness (QED) is 0.213. The zero-order valence-electron chi connectivity index (χ0n) is 22.8. The maximum absolute atomic E-state index is 12.2. The molecular weight excluding hydrogens is 512 g/mol. The van der Waals surface area contributed by atoms with Gasteiger partial charge in [-0.05, 0) is 36.4 Å². The van der Waals surface area contributed by atoms with Gasteiger partial charge < -0.3 is 27.5 Å². The van der Waals surface area contributed by atoms with Gasteiger partial charge in [0, 0.05) is 41.1 Å². The van der Waals surface area contributed by atoms with E-state index >= 15 is 0 Å². The fourth-order valence-corrected chi connectivity index (χ4v) is 4.43. The van der Waals surface area contributed by atoms with E-state index in [4.69, 9.17) is 27.5 Å². The molecular formula is C32H28O8. The summed E-state index contributed by atoms with van der Waals surface area (Å²) in [5.74, 6) is 3.62. The van der Waals surface area contributed by atoms with E-state index in [2.05, 4.69) is 0 Å². The number of furan rings is 1. The summed E-state index contributed by atoms with van der Waals surface area (Å²) in [6.45, 7) is 4.08. The minimum atomic E-state index is -0.366. The summed E-state index contributed by atoms with van der Waals surface area (Å²) < 4.78 is 32.6. The fraction of sp³-hybridized carbons (Fsp3) is 0.188. The van der Waals surface area contributed by atoms with Crippen LogP contribution in [-0.2, 0) is 0 Å². The molecule has 0 radical (unpaired) electrons. The number of benzene rings is 3. The lowest BCUT2D eigenvalue weighted by molar-refractivity contribution is 0.390. The van der Waals surface area contributed by atoms with Gasteiger partial charge in [-0.15, -0.1) is 0 Å². The number of rotatable bonds is 5. The predicted molar refractivity (Wildman–Crippen MR) is 154 cm³/mol. The Morgan fingerprint density at radius 2 is 1.40 bits per heavy atom. The molecule has 40 heavy (non-hydrogen) atoms. The van der Waals surface area contributed by atoms with Gasteiger partial charge in [0.25, 0.3) is 0 Å². The lowest BCUT2D eigenvalue weighted by Gasteiger charge is -2.06. The van der Waals surface area contributed by atoms with E-state index in [0.29, 0.717) is 39.4 Å². The summed E-state index contributed by atoms with van der Waals surface area (Å²) in [7, 11) is 4.80. The van der Waals surface area contributed by atoms with Crippen molar-refractivity contribution in [2.45, 2.75) is 19.8 Å². The molecule has 0 aliphatic heterocycles. The summed E-state index contributed by atoms with van der Waals surface area (Å²) in [4.78, 5) is 23.4. The van der Waals surface area contributed by atoms with E-state index in [-0.39, 0.29) is 17.0 Å². The van der Waals surface area contributed by atoms with Crippen LogP contribution in [0.4, 0.5) is 0 Å². The van der Waals surface area contributed by atoms with Crippen molar-refractivity contribution in [2.24, 2.45) is 0 Å². The molecule has 0 saturated carbocycles. The van der Waals surface area contributed by atoms with Gasteiger partial charge >= 0.3 is 5.63 Å². The third-order valence-corrected chi connectivity index (χ3v) is 6.43. The third kappa shape index (κ3) is 5.16. The Labute approximate surface area is 229 Å². The van der Waals surface area contributed by atoms with E-state index < -0.39 is 0 Å². The molecule has 0 bridgehead atoms. The van der Waals surface area contributed by atoms with Crippen LogP contribution in [0.5, 0.6) is 17.2 Å². The highest BCUT2D eigenvalue weighted by Crippen LogP contribution is 2.39. The van der Waals surface area contributed by atoms with E-state index in [0.717, 1.165) is 27.8 Å². The molecule has 0 spiro atoms. The Bertz CT molecular complexity index is 1940. The van der Waals surface area contributed by atoms with Crippen LogP contribution < -0.4 is 25.3 Å². The molecule has 6 rings (SSSR count). The summed E-state index contributed by atoms with van der Waals surface area (Å²) in [6, 6.07) is 20.8. The highest BCUT2D eigenvalue weighted by molar-refractivity contribution is 5.97. The number of fused-ring (bicyclic) bond motifs is 3. The first-order chi connectivity index (χ1) is 19.3. The fourth-order valence-electron chi connectivity index (χ4n) is 4.43. The lowest BCUT2D eigenvalue weighted by atomic mass is 10.1. The molecule has 0 atom stereocenters. The molecule has 0 fully saturated rings. The minimum Gasteiger partial charge on any atom is -0.497 e. The van der Waals surface area contributed by atoms with Crippen molar-refractivity contribution >= 4 is 32.9 Å². The molecule has 0 aliphatic rings.